The molecule has 1 heteroatoms. The summed E-state index contributed by atoms with van der Waals surface area (Å²) in [6, 6.07) is 0. The topological polar surface area (TPSA) is 0 Å². The molecule has 4 unspecified atom stereocenters. The summed E-state index contributed by atoms with van der Waals surface area (Å²) in [6.45, 7) is 4.73. The lowest BCUT2D eigenvalue weighted by Gasteiger charge is -2.02. The summed E-state index contributed by atoms with van der Waals surface area (Å²) in [5.41, 5.74) is 0. The van der Waals surface area contributed by atoms with E-state index in [1.54, 1.807) is 0 Å². The zero-order chi connectivity index (χ0) is 5.72. The van der Waals surface area contributed by atoms with E-state index in [9.17, 15) is 0 Å². The third-order valence-electron chi connectivity index (χ3n) is 2.47. The van der Waals surface area contributed by atoms with Crippen molar-refractivity contribution in [3.8, 4) is 0 Å². The Hall–Kier alpha value is 0.350. The van der Waals surface area contributed by atoms with Gasteiger partial charge in [0.2, 0.25) is 0 Å². The van der Waals surface area contributed by atoms with Gasteiger partial charge in [0.05, 0.1) is 0 Å². The Morgan fingerprint density at radius 3 is 2.50 bits per heavy atom. The lowest BCUT2D eigenvalue weighted by Crippen LogP contribution is -1.93. The van der Waals surface area contributed by atoms with Gasteiger partial charge in [0.15, 0.2) is 0 Å². The van der Waals surface area contributed by atoms with E-state index in [-0.39, 0.29) is 0 Å². The molecule has 0 bridgehead atoms. The van der Waals surface area contributed by atoms with E-state index in [0.29, 0.717) is 0 Å². The molecule has 1 aliphatic heterocycles. The summed E-state index contributed by atoms with van der Waals surface area (Å²) >= 11 is 2.20. The molecule has 0 nitrogen and oxygen atoms in total. The minimum absolute atomic E-state index is 0.973. The van der Waals surface area contributed by atoms with Crippen molar-refractivity contribution in [2.75, 3.05) is 0 Å². The van der Waals surface area contributed by atoms with Gasteiger partial charge in [0.1, 0.15) is 0 Å². The molecule has 1 saturated carbocycles. The summed E-state index contributed by atoms with van der Waals surface area (Å²) in [7, 11) is 0. The fourth-order valence-corrected chi connectivity index (χ4v) is 3.58. The van der Waals surface area contributed by atoms with E-state index in [2.05, 4.69) is 25.6 Å². The Morgan fingerprint density at radius 1 is 1.38 bits per heavy atom. The number of thioether (sulfide) groups is 1. The smallest absolute Gasteiger partial charge is 0.0110 e. The van der Waals surface area contributed by atoms with E-state index in [1.165, 1.54) is 6.42 Å². The van der Waals surface area contributed by atoms with Gasteiger partial charge in [-0.2, -0.15) is 11.8 Å². The Bertz CT molecular complexity index is 99.0. The first-order valence-electron chi connectivity index (χ1n) is 3.44. The van der Waals surface area contributed by atoms with Crippen molar-refractivity contribution in [2.45, 2.75) is 30.8 Å². The van der Waals surface area contributed by atoms with Crippen molar-refractivity contribution < 1.29 is 0 Å². The van der Waals surface area contributed by atoms with Crippen molar-refractivity contribution >= 4 is 11.8 Å². The van der Waals surface area contributed by atoms with Crippen LogP contribution in [0.15, 0.2) is 0 Å². The van der Waals surface area contributed by atoms with Crippen LogP contribution in [0.4, 0.5) is 0 Å². The van der Waals surface area contributed by atoms with Gasteiger partial charge in [-0.15, -0.1) is 0 Å². The van der Waals surface area contributed by atoms with Crippen molar-refractivity contribution in [1.29, 1.82) is 0 Å². The van der Waals surface area contributed by atoms with Crippen molar-refractivity contribution in [3.63, 3.8) is 0 Å². The number of fused-ring (bicyclic) bond motifs is 1. The molecule has 2 fully saturated rings. The molecular weight excluding hydrogens is 116 g/mol. The van der Waals surface area contributed by atoms with Gasteiger partial charge in [-0.05, 0) is 18.3 Å². The summed E-state index contributed by atoms with van der Waals surface area (Å²) in [6.07, 6.45) is 1.50. The lowest BCUT2D eigenvalue weighted by atomic mass is 10.2. The van der Waals surface area contributed by atoms with Crippen molar-refractivity contribution in [3.05, 3.63) is 0 Å². The third kappa shape index (κ3) is 0.540. The summed E-state index contributed by atoms with van der Waals surface area (Å²) in [5.74, 6) is 2.19. The molecular formula is C7H12S. The van der Waals surface area contributed by atoms with E-state index in [1.807, 2.05) is 0 Å². The lowest BCUT2D eigenvalue weighted by molar-refractivity contribution is 0.680. The van der Waals surface area contributed by atoms with Crippen LogP contribution in [-0.2, 0) is 0 Å². The molecule has 0 radical (unpaired) electrons. The second kappa shape index (κ2) is 1.44. The first kappa shape index (κ1) is 5.16. The van der Waals surface area contributed by atoms with E-state index < -0.39 is 0 Å². The second-order valence-electron chi connectivity index (χ2n) is 3.17. The van der Waals surface area contributed by atoms with Crippen LogP contribution in [0.1, 0.15) is 20.3 Å². The SMILES string of the molecule is CC1CC2C(C)C2S1. The first-order chi connectivity index (χ1) is 3.79. The molecule has 0 amide bonds. The molecule has 0 N–H and O–H groups in total. The van der Waals surface area contributed by atoms with Gasteiger partial charge in [-0.1, -0.05) is 13.8 Å². The summed E-state index contributed by atoms with van der Waals surface area (Å²) < 4.78 is 0. The van der Waals surface area contributed by atoms with Gasteiger partial charge < -0.3 is 0 Å². The fraction of sp³-hybridized carbons (Fsp3) is 1.00. The monoisotopic (exact) mass is 128 g/mol. The van der Waals surface area contributed by atoms with Crippen molar-refractivity contribution in [2.24, 2.45) is 11.8 Å². The number of rotatable bonds is 0. The number of hydrogen-bond acceptors (Lipinski definition) is 1. The molecule has 0 spiro atoms. The largest absolute Gasteiger partial charge is 0.155 e. The van der Waals surface area contributed by atoms with Crippen LogP contribution in [0.25, 0.3) is 0 Å². The van der Waals surface area contributed by atoms with Crippen LogP contribution < -0.4 is 0 Å². The highest BCUT2D eigenvalue weighted by atomic mass is 32.2. The highest BCUT2D eigenvalue weighted by Gasteiger charge is 2.52. The maximum Gasteiger partial charge on any atom is 0.0110 e. The van der Waals surface area contributed by atoms with Gasteiger partial charge in [0, 0.05) is 10.5 Å². The molecule has 8 heavy (non-hydrogen) atoms. The molecule has 0 aromatic rings. The predicted octanol–water partition coefficient (Wildman–Crippen LogP) is 2.15. The summed E-state index contributed by atoms with van der Waals surface area (Å²) in [5, 5.41) is 2.05. The van der Waals surface area contributed by atoms with Crippen LogP contribution in [-0.4, -0.2) is 10.5 Å². The number of hydrogen-bond donors (Lipinski definition) is 0. The molecule has 1 aliphatic carbocycles. The molecule has 46 valence electrons. The molecule has 1 saturated heterocycles. The normalized spacial score (nSPS) is 60.8. The minimum Gasteiger partial charge on any atom is -0.155 e. The average molecular weight is 128 g/mol. The third-order valence-corrected chi connectivity index (χ3v) is 4.22. The molecule has 0 aromatic heterocycles. The molecule has 2 aliphatic rings. The Morgan fingerprint density at radius 2 is 2.12 bits per heavy atom. The quantitative estimate of drug-likeness (QED) is 0.481. The highest BCUT2D eigenvalue weighted by Crippen LogP contribution is 2.58. The van der Waals surface area contributed by atoms with Gasteiger partial charge in [-0.3, -0.25) is 0 Å². The van der Waals surface area contributed by atoms with Crippen LogP contribution in [0, 0.1) is 11.8 Å². The summed E-state index contributed by atoms with van der Waals surface area (Å²) in [4.78, 5) is 0. The second-order valence-corrected chi connectivity index (χ2v) is 4.79. The Labute approximate surface area is 55.0 Å². The van der Waals surface area contributed by atoms with Crippen LogP contribution in [0.5, 0.6) is 0 Å². The van der Waals surface area contributed by atoms with Gasteiger partial charge in [0.25, 0.3) is 0 Å². The Kier molecular flexibility index (Phi) is 0.928. The predicted molar refractivity (Wildman–Crippen MR) is 38.1 cm³/mol. The molecule has 0 aromatic carbocycles. The van der Waals surface area contributed by atoms with E-state index >= 15 is 0 Å². The van der Waals surface area contributed by atoms with Crippen molar-refractivity contribution in [1.82, 2.24) is 0 Å². The Balaban J connectivity index is 2.00. The minimum atomic E-state index is 0.973. The fourth-order valence-electron chi connectivity index (χ4n) is 1.79. The molecule has 4 atom stereocenters. The maximum absolute atomic E-state index is 2.38. The van der Waals surface area contributed by atoms with Crippen LogP contribution in [0.3, 0.4) is 0 Å². The molecule has 2 rings (SSSR count). The van der Waals surface area contributed by atoms with E-state index in [0.717, 1.165) is 22.3 Å². The first-order valence-corrected chi connectivity index (χ1v) is 4.39. The van der Waals surface area contributed by atoms with E-state index in [4.69, 9.17) is 0 Å². The van der Waals surface area contributed by atoms with Gasteiger partial charge >= 0.3 is 0 Å². The molecule has 1 heterocycles. The van der Waals surface area contributed by atoms with Crippen LogP contribution >= 0.6 is 11.8 Å². The zero-order valence-electron chi connectivity index (χ0n) is 5.42. The average Bonchev–Trinajstić information content (AvgIpc) is 2.29. The zero-order valence-corrected chi connectivity index (χ0v) is 6.24. The standard InChI is InChI=1S/C7H12S/c1-4-3-6-5(2)7(6)8-4/h4-7H,3H2,1-2H3. The van der Waals surface area contributed by atoms with Gasteiger partial charge in [-0.25, -0.2) is 0 Å². The highest BCUT2D eigenvalue weighted by molar-refractivity contribution is 8.01. The maximum atomic E-state index is 2.38. The van der Waals surface area contributed by atoms with Crippen LogP contribution in [0.2, 0.25) is 0 Å².